The highest BCUT2D eigenvalue weighted by atomic mass is 19.1. The highest BCUT2D eigenvalue weighted by molar-refractivity contribution is 5.82. The Bertz CT molecular complexity index is 450. The number of nitrogens with zero attached hydrogens (tertiary/aromatic N) is 2. The van der Waals surface area contributed by atoms with Crippen molar-refractivity contribution in [2.75, 3.05) is 39.3 Å². The lowest BCUT2D eigenvalue weighted by atomic mass is 10.1. The quantitative estimate of drug-likeness (QED) is 0.803. The van der Waals surface area contributed by atoms with Crippen LogP contribution in [0, 0.1) is 11.7 Å². The molecule has 0 atom stereocenters. The van der Waals surface area contributed by atoms with Crippen LogP contribution in [0.2, 0.25) is 0 Å². The van der Waals surface area contributed by atoms with Crippen molar-refractivity contribution in [1.29, 1.82) is 0 Å². The molecule has 0 bridgehead atoms. The van der Waals surface area contributed by atoms with Gasteiger partial charge in [0.25, 0.3) is 0 Å². The molecule has 3 nitrogen and oxygen atoms in total. The first-order chi connectivity index (χ1) is 10.0. The van der Waals surface area contributed by atoms with Gasteiger partial charge in [-0.15, -0.1) is 0 Å². The maximum atomic E-state index is 12.8. The minimum absolute atomic E-state index is 0.207. The summed E-state index contributed by atoms with van der Waals surface area (Å²) in [5, 5.41) is 0. The molecule has 0 spiro atoms. The van der Waals surface area contributed by atoms with Gasteiger partial charge in [-0.25, -0.2) is 4.39 Å². The fourth-order valence-electron chi connectivity index (χ4n) is 2.78. The maximum Gasteiger partial charge on any atom is 0.151 e. The number of halogens is 1. The van der Waals surface area contributed by atoms with Gasteiger partial charge >= 0.3 is 0 Å². The first-order valence-corrected chi connectivity index (χ1v) is 7.74. The Morgan fingerprint density at radius 3 is 2.24 bits per heavy atom. The molecule has 1 saturated heterocycles. The SMILES string of the molecule is CC(C)CN1CCN(CC(=O)Cc2ccc(F)cc2)CC1. The zero-order chi connectivity index (χ0) is 15.2. The van der Waals surface area contributed by atoms with Crippen LogP contribution in [-0.2, 0) is 11.2 Å². The van der Waals surface area contributed by atoms with E-state index in [4.69, 9.17) is 0 Å². The van der Waals surface area contributed by atoms with E-state index < -0.39 is 0 Å². The van der Waals surface area contributed by atoms with Gasteiger partial charge in [0.05, 0.1) is 6.54 Å². The molecule has 0 N–H and O–H groups in total. The number of piperazine rings is 1. The highest BCUT2D eigenvalue weighted by Gasteiger charge is 2.19. The maximum absolute atomic E-state index is 12.8. The van der Waals surface area contributed by atoms with E-state index in [0.717, 1.165) is 38.3 Å². The Hall–Kier alpha value is -1.26. The molecular weight excluding hydrogens is 267 g/mol. The van der Waals surface area contributed by atoms with Gasteiger partial charge in [-0.05, 0) is 23.6 Å². The molecule has 116 valence electrons. The van der Waals surface area contributed by atoms with Crippen molar-refractivity contribution < 1.29 is 9.18 Å². The molecule has 2 rings (SSSR count). The Kier molecular flexibility index (Phi) is 5.88. The molecule has 0 amide bonds. The van der Waals surface area contributed by atoms with E-state index in [1.165, 1.54) is 12.1 Å². The van der Waals surface area contributed by atoms with Crippen molar-refractivity contribution in [2.24, 2.45) is 5.92 Å². The zero-order valence-electron chi connectivity index (χ0n) is 13.0. The number of Topliss-reactive ketones (excluding diaryl/α,β-unsaturated/α-hetero) is 1. The van der Waals surface area contributed by atoms with Gasteiger partial charge in [-0.2, -0.15) is 0 Å². The molecule has 21 heavy (non-hydrogen) atoms. The van der Waals surface area contributed by atoms with E-state index in [1.807, 2.05) is 0 Å². The van der Waals surface area contributed by atoms with Gasteiger partial charge in [-0.3, -0.25) is 9.69 Å². The summed E-state index contributed by atoms with van der Waals surface area (Å²) in [4.78, 5) is 16.8. The number of ketones is 1. The zero-order valence-corrected chi connectivity index (χ0v) is 13.0. The molecule has 0 radical (unpaired) electrons. The predicted molar refractivity (Wildman–Crippen MR) is 82.8 cm³/mol. The molecule has 1 aliphatic heterocycles. The lowest BCUT2D eigenvalue weighted by Gasteiger charge is -2.35. The topological polar surface area (TPSA) is 23.6 Å². The van der Waals surface area contributed by atoms with Gasteiger partial charge in [-0.1, -0.05) is 26.0 Å². The van der Waals surface area contributed by atoms with E-state index >= 15 is 0 Å². The number of carbonyl (C=O) groups is 1. The van der Waals surface area contributed by atoms with Crippen LogP contribution in [0.4, 0.5) is 4.39 Å². The summed E-state index contributed by atoms with van der Waals surface area (Å²) >= 11 is 0. The van der Waals surface area contributed by atoms with Gasteiger partial charge in [0.15, 0.2) is 5.78 Å². The number of rotatable bonds is 6. The van der Waals surface area contributed by atoms with Crippen LogP contribution in [0.5, 0.6) is 0 Å². The summed E-state index contributed by atoms with van der Waals surface area (Å²) < 4.78 is 12.8. The van der Waals surface area contributed by atoms with Crippen molar-refractivity contribution >= 4 is 5.78 Å². The van der Waals surface area contributed by atoms with Crippen LogP contribution < -0.4 is 0 Å². The number of carbonyl (C=O) groups excluding carboxylic acids is 1. The van der Waals surface area contributed by atoms with Crippen molar-refractivity contribution in [3.05, 3.63) is 35.6 Å². The third-order valence-corrected chi connectivity index (χ3v) is 3.80. The third-order valence-electron chi connectivity index (χ3n) is 3.80. The largest absolute Gasteiger partial charge is 0.301 e. The lowest BCUT2D eigenvalue weighted by Crippen LogP contribution is -2.48. The summed E-state index contributed by atoms with van der Waals surface area (Å²) in [6.45, 7) is 10.1. The van der Waals surface area contributed by atoms with E-state index in [9.17, 15) is 9.18 Å². The molecule has 1 fully saturated rings. The van der Waals surface area contributed by atoms with Crippen LogP contribution in [-0.4, -0.2) is 54.9 Å². The average molecular weight is 292 g/mol. The molecule has 1 heterocycles. The highest BCUT2D eigenvalue weighted by Crippen LogP contribution is 2.07. The molecule has 0 unspecified atom stereocenters. The summed E-state index contributed by atoms with van der Waals surface area (Å²) in [5.41, 5.74) is 0.889. The smallest absolute Gasteiger partial charge is 0.151 e. The van der Waals surface area contributed by atoms with Crippen LogP contribution in [0.25, 0.3) is 0 Å². The van der Waals surface area contributed by atoms with Crippen molar-refractivity contribution in [3.63, 3.8) is 0 Å². The summed E-state index contributed by atoms with van der Waals surface area (Å²) in [7, 11) is 0. The fourth-order valence-corrected chi connectivity index (χ4v) is 2.78. The monoisotopic (exact) mass is 292 g/mol. The van der Waals surface area contributed by atoms with Gasteiger partial charge < -0.3 is 4.90 Å². The van der Waals surface area contributed by atoms with E-state index in [0.29, 0.717) is 18.9 Å². The number of hydrogen-bond donors (Lipinski definition) is 0. The van der Waals surface area contributed by atoms with Crippen LogP contribution >= 0.6 is 0 Å². The summed E-state index contributed by atoms with van der Waals surface area (Å²) in [5.74, 6) is 0.642. The molecule has 1 aromatic rings. The average Bonchev–Trinajstić information content (AvgIpc) is 2.43. The second kappa shape index (κ2) is 7.66. The molecule has 4 heteroatoms. The van der Waals surface area contributed by atoms with Gasteiger partial charge in [0.1, 0.15) is 5.82 Å². The van der Waals surface area contributed by atoms with E-state index in [-0.39, 0.29) is 11.6 Å². The number of benzene rings is 1. The first kappa shape index (κ1) is 16.1. The first-order valence-electron chi connectivity index (χ1n) is 7.74. The van der Waals surface area contributed by atoms with Crippen molar-refractivity contribution in [2.45, 2.75) is 20.3 Å². The van der Waals surface area contributed by atoms with Crippen LogP contribution in [0.1, 0.15) is 19.4 Å². The van der Waals surface area contributed by atoms with Gasteiger partial charge in [0, 0.05) is 39.1 Å². The standard InChI is InChI=1S/C17H25FN2O/c1-14(2)12-19-7-9-20(10-8-19)13-17(21)11-15-3-5-16(18)6-4-15/h3-6,14H,7-13H2,1-2H3. The van der Waals surface area contributed by atoms with Crippen LogP contribution in [0.15, 0.2) is 24.3 Å². The number of hydrogen-bond acceptors (Lipinski definition) is 3. The minimum atomic E-state index is -0.257. The molecule has 0 aromatic heterocycles. The Balaban J connectivity index is 1.73. The van der Waals surface area contributed by atoms with Gasteiger partial charge in [0.2, 0.25) is 0 Å². The van der Waals surface area contributed by atoms with E-state index in [1.54, 1.807) is 12.1 Å². The Morgan fingerprint density at radius 2 is 1.67 bits per heavy atom. The normalized spacial score (nSPS) is 17.3. The molecule has 0 aliphatic carbocycles. The molecule has 0 saturated carbocycles. The van der Waals surface area contributed by atoms with Crippen molar-refractivity contribution in [1.82, 2.24) is 9.80 Å². The van der Waals surface area contributed by atoms with E-state index in [2.05, 4.69) is 23.6 Å². The summed E-state index contributed by atoms with van der Waals surface area (Å²) in [6, 6.07) is 6.20. The second-order valence-corrected chi connectivity index (χ2v) is 6.31. The second-order valence-electron chi connectivity index (χ2n) is 6.31. The van der Waals surface area contributed by atoms with Crippen molar-refractivity contribution in [3.8, 4) is 0 Å². The Morgan fingerprint density at radius 1 is 1.10 bits per heavy atom. The van der Waals surface area contributed by atoms with Crippen LogP contribution in [0.3, 0.4) is 0 Å². The Labute approximate surface area is 126 Å². The fraction of sp³-hybridized carbons (Fsp3) is 0.588. The summed E-state index contributed by atoms with van der Waals surface area (Å²) in [6.07, 6.45) is 0.395. The molecule has 1 aromatic carbocycles. The molecular formula is C17H25FN2O. The third kappa shape index (κ3) is 5.56. The molecule has 1 aliphatic rings. The lowest BCUT2D eigenvalue weighted by molar-refractivity contribution is -0.120. The minimum Gasteiger partial charge on any atom is -0.301 e. The predicted octanol–water partition coefficient (Wildman–Crippen LogP) is 2.21.